The number of halogens is 5. The Hall–Kier alpha value is -2.87. The van der Waals surface area contributed by atoms with Gasteiger partial charge in [0.05, 0.1) is 11.3 Å². The summed E-state index contributed by atoms with van der Waals surface area (Å²) in [5, 5.41) is 2.11. The van der Waals surface area contributed by atoms with Crippen molar-refractivity contribution in [3.8, 4) is 0 Å². The SMILES string of the molecule is O=C1C(Cl)=C(Nc2ccc(F)cc2)C(=O)N1c1cccc(C(F)(F)F)c1. The first-order valence-electron chi connectivity index (χ1n) is 7.17. The third kappa shape index (κ3) is 3.28. The average Bonchev–Trinajstić information content (AvgIpc) is 2.80. The molecular weight excluding hydrogens is 376 g/mol. The number of benzene rings is 2. The van der Waals surface area contributed by atoms with Crippen LogP contribution < -0.4 is 10.2 Å². The van der Waals surface area contributed by atoms with Gasteiger partial charge < -0.3 is 5.32 Å². The molecule has 0 unspecified atom stereocenters. The van der Waals surface area contributed by atoms with Gasteiger partial charge in [0.2, 0.25) is 0 Å². The first-order chi connectivity index (χ1) is 12.2. The highest BCUT2D eigenvalue weighted by Crippen LogP contribution is 2.35. The van der Waals surface area contributed by atoms with E-state index in [0.29, 0.717) is 11.0 Å². The van der Waals surface area contributed by atoms with E-state index in [2.05, 4.69) is 5.32 Å². The number of carbonyl (C=O) groups excluding carboxylic acids is 2. The topological polar surface area (TPSA) is 49.4 Å². The molecule has 0 bridgehead atoms. The van der Waals surface area contributed by atoms with E-state index >= 15 is 0 Å². The summed E-state index contributed by atoms with van der Waals surface area (Å²) in [6.07, 6.45) is -4.63. The summed E-state index contributed by atoms with van der Waals surface area (Å²) in [6, 6.07) is 8.66. The van der Waals surface area contributed by atoms with Gasteiger partial charge in [-0.2, -0.15) is 13.2 Å². The summed E-state index contributed by atoms with van der Waals surface area (Å²) in [5.41, 5.74) is -1.29. The van der Waals surface area contributed by atoms with Gasteiger partial charge in [-0.25, -0.2) is 9.29 Å². The third-order valence-electron chi connectivity index (χ3n) is 3.57. The summed E-state index contributed by atoms with van der Waals surface area (Å²) in [5.74, 6) is -2.38. The van der Waals surface area contributed by atoms with Gasteiger partial charge in [-0.3, -0.25) is 9.59 Å². The zero-order valence-corrected chi connectivity index (χ0v) is 13.5. The summed E-state index contributed by atoms with van der Waals surface area (Å²) < 4.78 is 51.5. The van der Waals surface area contributed by atoms with Crippen molar-refractivity contribution in [2.24, 2.45) is 0 Å². The number of hydrogen-bond acceptors (Lipinski definition) is 3. The van der Waals surface area contributed by atoms with E-state index in [1.54, 1.807) is 0 Å². The number of nitrogens with one attached hydrogen (secondary N) is 1. The highest BCUT2D eigenvalue weighted by atomic mass is 35.5. The van der Waals surface area contributed by atoms with Gasteiger partial charge in [-0.1, -0.05) is 17.7 Å². The first kappa shape index (κ1) is 17.9. The minimum atomic E-state index is -4.63. The van der Waals surface area contributed by atoms with E-state index in [9.17, 15) is 27.2 Å². The number of hydrogen-bond donors (Lipinski definition) is 1. The van der Waals surface area contributed by atoms with Crippen molar-refractivity contribution in [2.75, 3.05) is 10.2 Å². The smallest absolute Gasteiger partial charge is 0.350 e. The van der Waals surface area contributed by atoms with Crippen LogP contribution in [0.25, 0.3) is 0 Å². The van der Waals surface area contributed by atoms with Gasteiger partial charge in [0.15, 0.2) is 0 Å². The lowest BCUT2D eigenvalue weighted by Crippen LogP contribution is -2.32. The predicted octanol–water partition coefficient (Wildman–Crippen LogP) is 4.28. The van der Waals surface area contributed by atoms with Crippen LogP contribution in [0.15, 0.2) is 59.3 Å². The van der Waals surface area contributed by atoms with E-state index in [1.807, 2.05) is 0 Å². The third-order valence-corrected chi connectivity index (χ3v) is 3.92. The highest BCUT2D eigenvalue weighted by molar-refractivity contribution is 6.53. The molecule has 26 heavy (non-hydrogen) atoms. The van der Waals surface area contributed by atoms with Gasteiger partial charge >= 0.3 is 6.18 Å². The highest BCUT2D eigenvalue weighted by Gasteiger charge is 2.40. The predicted molar refractivity (Wildman–Crippen MR) is 86.8 cm³/mol. The van der Waals surface area contributed by atoms with Crippen molar-refractivity contribution < 1.29 is 27.2 Å². The zero-order valence-electron chi connectivity index (χ0n) is 12.8. The number of rotatable bonds is 3. The quantitative estimate of drug-likeness (QED) is 0.634. The van der Waals surface area contributed by atoms with Crippen molar-refractivity contribution >= 4 is 34.8 Å². The number of imide groups is 1. The van der Waals surface area contributed by atoms with Gasteiger partial charge in [-0.05, 0) is 42.5 Å². The largest absolute Gasteiger partial charge is 0.416 e. The Labute approximate surface area is 149 Å². The second-order valence-corrected chi connectivity index (χ2v) is 5.69. The Morgan fingerprint density at radius 1 is 0.962 bits per heavy atom. The molecule has 2 aromatic carbocycles. The molecule has 0 saturated carbocycles. The normalized spacial score (nSPS) is 15.0. The second-order valence-electron chi connectivity index (χ2n) is 5.31. The minimum Gasteiger partial charge on any atom is -0.350 e. The van der Waals surface area contributed by atoms with Crippen molar-refractivity contribution in [3.63, 3.8) is 0 Å². The van der Waals surface area contributed by atoms with E-state index in [-0.39, 0.29) is 17.1 Å². The molecule has 1 aliphatic heterocycles. The molecule has 2 aromatic rings. The number of carbonyl (C=O) groups is 2. The number of anilines is 2. The Morgan fingerprint density at radius 3 is 2.23 bits per heavy atom. The maximum atomic E-state index is 12.9. The molecule has 0 radical (unpaired) electrons. The fourth-order valence-corrected chi connectivity index (χ4v) is 2.56. The molecule has 9 heteroatoms. The average molecular weight is 385 g/mol. The molecule has 0 aromatic heterocycles. The minimum absolute atomic E-state index is 0.260. The fourth-order valence-electron chi connectivity index (χ4n) is 2.34. The molecule has 1 aliphatic rings. The lowest BCUT2D eigenvalue weighted by Gasteiger charge is -2.17. The molecule has 1 heterocycles. The Bertz CT molecular complexity index is 923. The van der Waals surface area contributed by atoms with Gasteiger partial charge in [0.25, 0.3) is 11.8 Å². The van der Waals surface area contributed by atoms with Crippen LogP contribution in [0.1, 0.15) is 5.56 Å². The standard InChI is InChI=1S/C17H9ClF4N2O2/c18-13-14(23-11-6-4-10(19)5-7-11)16(26)24(15(13)25)12-3-1-2-9(8-12)17(20,21)22/h1-8,23H. The molecule has 0 spiro atoms. The Kier molecular flexibility index (Phi) is 4.45. The summed E-state index contributed by atoms with van der Waals surface area (Å²) in [6.45, 7) is 0. The summed E-state index contributed by atoms with van der Waals surface area (Å²) in [4.78, 5) is 25.3. The van der Waals surface area contributed by atoms with Crippen LogP contribution in [0.5, 0.6) is 0 Å². The number of nitrogens with zero attached hydrogens (tertiary/aromatic N) is 1. The molecule has 3 rings (SSSR count). The molecule has 134 valence electrons. The van der Waals surface area contributed by atoms with Crippen molar-refractivity contribution in [1.29, 1.82) is 0 Å². The molecule has 0 saturated heterocycles. The zero-order chi connectivity index (χ0) is 19.1. The first-order valence-corrected chi connectivity index (χ1v) is 7.54. The van der Waals surface area contributed by atoms with E-state index in [1.165, 1.54) is 18.2 Å². The van der Waals surface area contributed by atoms with Crippen LogP contribution in [-0.2, 0) is 15.8 Å². The van der Waals surface area contributed by atoms with Crippen LogP contribution in [0.3, 0.4) is 0 Å². The second kappa shape index (κ2) is 6.45. The van der Waals surface area contributed by atoms with Crippen molar-refractivity contribution in [2.45, 2.75) is 6.18 Å². The van der Waals surface area contributed by atoms with Crippen LogP contribution in [0, 0.1) is 5.82 Å². The fraction of sp³-hybridized carbons (Fsp3) is 0.0588. The van der Waals surface area contributed by atoms with Gasteiger partial charge in [0, 0.05) is 5.69 Å². The monoisotopic (exact) mass is 384 g/mol. The van der Waals surface area contributed by atoms with Gasteiger partial charge in [-0.15, -0.1) is 0 Å². The molecular formula is C17H9ClF4N2O2. The maximum Gasteiger partial charge on any atom is 0.416 e. The van der Waals surface area contributed by atoms with Crippen molar-refractivity contribution in [3.05, 3.63) is 70.6 Å². The van der Waals surface area contributed by atoms with Crippen LogP contribution in [0.2, 0.25) is 0 Å². The van der Waals surface area contributed by atoms with E-state index < -0.39 is 34.4 Å². The molecule has 0 atom stereocenters. The Morgan fingerprint density at radius 2 is 1.62 bits per heavy atom. The number of amides is 2. The molecule has 0 fully saturated rings. The van der Waals surface area contributed by atoms with E-state index in [0.717, 1.165) is 24.3 Å². The van der Waals surface area contributed by atoms with Crippen LogP contribution >= 0.6 is 11.6 Å². The molecule has 4 nitrogen and oxygen atoms in total. The molecule has 2 amide bonds. The summed E-state index contributed by atoms with van der Waals surface area (Å²) >= 11 is 5.89. The van der Waals surface area contributed by atoms with Crippen LogP contribution in [0.4, 0.5) is 28.9 Å². The summed E-state index contributed by atoms with van der Waals surface area (Å²) in [7, 11) is 0. The lowest BCUT2D eigenvalue weighted by atomic mass is 10.2. The van der Waals surface area contributed by atoms with Crippen molar-refractivity contribution in [1.82, 2.24) is 0 Å². The van der Waals surface area contributed by atoms with Crippen LogP contribution in [-0.4, -0.2) is 11.8 Å². The van der Waals surface area contributed by atoms with Gasteiger partial charge in [0.1, 0.15) is 16.5 Å². The maximum absolute atomic E-state index is 12.9. The molecule has 1 N–H and O–H groups in total. The molecule has 0 aliphatic carbocycles. The lowest BCUT2D eigenvalue weighted by molar-refractivity contribution is -0.137. The Balaban J connectivity index is 1.92. The number of alkyl halides is 3. The van der Waals surface area contributed by atoms with E-state index in [4.69, 9.17) is 11.6 Å².